The molecule has 27 heavy (non-hydrogen) atoms. The lowest BCUT2D eigenvalue weighted by Gasteiger charge is -2.34. The van der Waals surface area contributed by atoms with Crippen LogP contribution in [0.15, 0.2) is 42.5 Å². The third-order valence-electron chi connectivity index (χ3n) is 5.55. The SMILES string of the molecule is Cc1ccc(-n2c3c(c4ccc([N+](=O)[O-])cc42)C(C=O)CC(C)(C)C3)cc1. The number of nitro groups is 1. The Balaban J connectivity index is 2.10. The molecule has 0 saturated carbocycles. The van der Waals surface area contributed by atoms with Crippen LogP contribution in [-0.2, 0) is 11.2 Å². The Morgan fingerprint density at radius 1 is 1.19 bits per heavy atom. The number of aldehydes is 1. The van der Waals surface area contributed by atoms with Crippen LogP contribution in [0, 0.1) is 22.5 Å². The lowest BCUT2D eigenvalue weighted by Crippen LogP contribution is -2.27. The number of fused-ring (bicyclic) bond motifs is 3. The van der Waals surface area contributed by atoms with Crippen molar-refractivity contribution >= 4 is 22.9 Å². The molecule has 1 unspecified atom stereocenters. The minimum atomic E-state index is -0.369. The Bertz CT molecular complexity index is 1060. The summed E-state index contributed by atoms with van der Waals surface area (Å²) in [7, 11) is 0. The summed E-state index contributed by atoms with van der Waals surface area (Å²) >= 11 is 0. The smallest absolute Gasteiger partial charge is 0.271 e. The molecule has 0 fully saturated rings. The van der Waals surface area contributed by atoms with E-state index in [0.29, 0.717) is 0 Å². The van der Waals surface area contributed by atoms with E-state index in [9.17, 15) is 14.9 Å². The van der Waals surface area contributed by atoms with Crippen LogP contribution in [0.4, 0.5) is 5.69 Å². The number of nitro benzene ring substituents is 1. The van der Waals surface area contributed by atoms with Gasteiger partial charge >= 0.3 is 0 Å². The third-order valence-corrected chi connectivity index (χ3v) is 5.55. The Kier molecular flexibility index (Phi) is 3.91. The van der Waals surface area contributed by atoms with Gasteiger partial charge in [-0.15, -0.1) is 0 Å². The maximum atomic E-state index is 11.9. The summed E-state index contributed by atoms with van der Waals surface area (Å²) in [5.41, 5.74) is 5.07. The predicted octanol–water partition coefficient (Wildman–Crippen LogP) is 5.10. The Morgan fingerprint density at radius 3 is 2.52 bits per heavy atom. The number of hydrogen-bond donors (Lipinski definition) is 0. The van der Waals surface area contributed by atoms with Crippen molar-refractivity contribution in [2.45, 2.75) is 39.5 Å². The fraction of sp³-hybridized carbons (Fsp3) is 0.318. The van der Waals surface area contributed by atoms with Gasteiger partial charge in [0.2, 0.25) is 0 Å². The lowest BCUT2D eigenvalue weighted by molar-refractivity contribution is -0.384. The van der Waals surface area contributed by atoms with E-state index in [0.717, 1.165) is 52.5 Å². The molecule has 5 heteroatoms. The van der Waals surface area contributed by atoms with E-state index >= 15 is 0 Å². The fourth-order valence-corrected chi connectivity index (χ4v) is 4.38. The molecule has 1 aliphatic rings. The zero-order valence-electron chi connectivity index (χ0n) is 15.7. The monoisotopic (exact) mass is 362 g/mol. The maximum absolute atomic E-state index is 11.9. The third kappa shape index (κ3) is 2.83. The highest BCUT2D eigenvalue weighted by Crippen LogP contribution is 2.46. The average Bonchev–Trinajstić information content (AvgIpc) is 2.93. The Morgan fingerprint density at radius 2 is 1.89 bits per heavy atom. The van der Waals surface area contributed by atoms with Crippen LogP contribution in [0.3, 0.4) is 0 Å². The Labute approximate surface area is 157 Å². The molecule has 4 rings (SSSR count). The Hall–Kier alpha value is -2.95. The summed E-state index contributed by atoms with van der Waals surface area (Å²) in [6.07, 6.45) is 2.64. The van der Waals surface area contributed by atoms with Crippen LogP contribution in [0.25, 0.3) is 16.6 Å². The van der Waals surface area contributed by atoms with Gasteiger partial charge in [-0.25, -0.2) is 0 Å². The molecule has 0 N–H and O–H groups in total. The normalized spacial score (nSPS) is 18.3. The molecule has 0 saturated heterocycles. The van der Waals surface area contributed by atoms with Gasteiger partial charge in [-0.2, -0.15) is 0 Å². The summed E-state index contributed by atoms with van der Waals surface area (Å²) in [5, 5.41) is 12.3. The summed E-state index contributed by atoms with van der Waals surface area (Å²) in [5.74, 6) is -0.195. The number of carbonyl (C=O) groups is 1. The van der Waals surface area contributed by atoms with Crippen LogP contribution in [0.2, 0.25) is 0 Å². The first-order chi connectivity index (χ1) is 12.8. The molecule has 5 nitrogen and oxygen atoms in total. The number of non-ortho nitro benzene ring substituents is 1. The number of rotatable bonds is 3. The van der Waals surface area contributed by atoms with E-state index in [2.05, 4.69) is 18.4 Å². The molecule has 3 aromatic rings. The number of aryl methyl sites for hydroxylation is 1. The van der Waals surface area contributed by atoms with Crippen molar-refractivity contribution < 1.29 is 9.72 Å². The van der Waals surface area contributed by atoms with Crippen LogP contribution in [0.1, 0.15) is 43.0 Å². The van der Waals surface area contributed by atoms with Crippen molar-refractivity contribution in [1.29, 1.82) is 0 Å². The van der Waals surface area contributed by atoms with E-state index in [1.165, 1.54) is 6.07 Å². The zero-order chi connectivity index (χ0) is 19.3. The topological polar surface area (TPSA) is 65.1 Å². The highest BCUT2D eigenvalue weighted by Gasteiger charge is 2.37. The van der Waals surface area contributed by atoms with Gasteiger partial charge in [0, 0.05) is 34.8 Å². The first-order valence-electron chi connectivity index (χ1n) is 9.15. The molecule has 0 aliphatic heterocycles. The largest absolute Gasteiger partial charge is 0.313 e. The van der Waals surface area contributed by atoms with Crippen molar-refractivity contribution in [2.75, 3.05) is 0 Å². The van der Waals surface area contributed by atoms with Gasteiger partial charge in [0.1, 0.15) is 6.29 Å². The lowest BCUT2D eigenvalue weighted by atomic mass is 9.71. The number of hydrogen-bond acceptors (Lipinski definition) is 3. The molecule has 0 bridgehead atoms. The van der Waals surface area contributed by atoms with E-state index in [-0.39, 0.29) is 21.9 Å². The van der Waals surface area contributed by atoms with Crippen molar-refractivity contribution in [3.8, 4) is 5.69 Å². The summed E-state index contributed by atoms with van der Waals surface area (Å²) < 4.78 is 2.11. The molecule has 138 valence electrons. The first-order valence-corrected chi connectivity index (χ1v) is 9.15. The van der Waals surface area contributed by atoms with Gasteiger partial charge in [-0.3, -0.25) is 10.1 Å². The fourth-order valence-electron chi connectivity index (χ4n) is 4.38. The summed E-state index contributed by atoms with van der Waals surface area (Å²) in [6.45, 7) is 6.38. The quantitative estimate of drug-likeness (QED) is 0.370. The van der Waals surface area contributed by atoms with Crippen molar-refractivity contribution in [3.63, 3.8) is 0 Å². The number of nitrogens with zero attached hydrogens (tertiary/aromatic N) is 2. The highest BCUT2D eigenvalue weighted by atomic mass is 16.6. The van der Waals surface area contributed by atoms with Crippen LogP contribution in [-0.4, -0.2) is 15.8 Å². The van der Waals surface area contributed by atoms with Gasteiger partial charge in [-0.05, 0) is 48.9 Å². The highest BCUT2D eigenvalue weighted by molar-refractivity contribution is 5.92. The first kappa shape index (κ1) is 17.5. The molecule has 0 spiro atoms. The molecular weight excluding hydrogens is 340 g/mol. The zero-order valence-corrected chi connectivity index (χ0v) is 15.7. The van der Waals surface area contributed by atoms with Gasteiger partial charge in [0.05, 0.1) is 10.4 Å². The standard InChI is InChI=1S/C22H22N2O3/c1-14-4-6-16(7-5-14)23-19-10-17(24(26)27)8-9-18(19)21-15(13-25)11-22(2,3)12-20(21)23/h4-10,13,15H,11-12H2,1-3H3. The summed E-state index contributed by atoms with van der Waals surface area (Å²) in [6, 6.07) is 13.1. The molecule has 1 aliphatic carbocycles. The van der Waals surface area contributed by atoms with Gasteiger partial charge in [-0.1, -0.05) is 31.5 Å². The molecule has 1 aromatic heterocycles. The molecule has 1 heterocycles. The van der Waals surface area contributed by atoms with Crippen LogP contribution >= 0.6 is 0 Å². The molecular formula is C22H22N2O3. The van der Waals surface area contributed by atoms with Crippen molar-refractivity contribution in [2.24, 2.45) is 5.41 Å². The second kappa shape index (κ2) is 6.05. The van der Waals surface area contributed by atoms with E-state index < -0.39 is 0 Å². The number of carbonyl (C=O) groups excluding carboxylic acids is 1. The maximum Gasteiger partial charge on any atom is 0.271 e. The number of benzene rings is 2. The van der Waals surface area contributed by atoms with Crippen LogP contribution in [0.5, 0.6) is 0 Å². The van der Waals surface area contributed by atoms with E-state index in [4.69, 9.17) is 0 Å². The predicted molar refractivity (Wildman–Crippen MR) is 106 cm³/mol. The van der Waals surface area contributed by atoms with Gasteiger partial charge < -0.3 is 9.36 Å². The van der Waals surface area contributed by atoms with E-state index in [1.807, 2.05) is 31.2 Å². The van der Waals surface area contributed by atoms with Crippen molar-refractivity contribution in [3.05, 3.63) is 69.4 Å². The summed E-state index contributed by atoms with van der Waals surface area (Å²) in [4.78, 5) is 22.9. The number of aromatic nitrogens is 1. The second-order valence-corrected chi connectivity index (χ2v) is 8.28. The van der Waals surface area contributed by atoms with Crippen molar-refractivity contribution in [1.82, 2.24) is 4.57 Å². The minimum absolute atomic E-state index is 0.0126. The molecule has 0 radical (unpaired) electrons. The molecule has 0 amide bonds. The van der Waals surface area contributed by atoms with E-state index in [1.54, 1.807) is 12.1 Å². The van der Waals surface area contributed by atoms with Gasteiger partial charge in [0.15, 0.2) is 0 Å². The van der Waals surface area contributed by atoms with Gasteiger partial charge in [0.25, 0.3) is 5.69 Å². The average molecular weight is 362 g/mol. The minimum Gasteiger partial charge on any atom is -0.313 e. The molecule has 2 aromatic carbocycles. The van der Waals surface area contributed by atoms with Crippen LogP contribution < -0.4 is 0 Å². The molecule has 1 atom stereocenters. The second-order valence-electron chi connectivity index (χ2n) is 8.28.